The summed E-state index contributed by atoms with van der Waals surface area (Å²) in [4.78, 5) is 8.65. The Bertz CT molecular complexity index is 1110. The molecule has 0 bridgehead atoms. The molecule has 8 nitrogen and oxygen atoms in total. The van der Waals surface area contributed by atoms with E-state index in [-0.39, 0.29) is 6.61 Å². The first-order valence-electron chi connectivity index (χ1n) is 9.58. The normalized spacial score (nSPS) is 16.5. The maximum Gasteiger partial charge on any atom is 0.276 e. The Morgan fingerprint density at radius 2 is 2.14 bits per heavy atom. The average Bonchev–Trinajstić information content (AvgIpc) is 3.33. The summed E-state index contributed by atoms with van der Waals surface area (Å²) in [5.41, 5.74) is 2.74. The Morgan fingerprint density at radius 3 is 3.00 bits per heavy atom. The minimum absolute atomic E-state index is 0.157. The third-order valence-corrected chi connectivity index (χ3v) is 6.44. The standard InChI is InChI=1S/C19H21N7OS/c27-10-4-8-20-17-16-14-7-9-25(11-13-5-2-1-3-6-13)12-15(14)28-18(16)26-19(21-17)22-23-24-26/h1-3,5-6,27H,4,7-12H2,(H,20,21,22,24)/p+1. The molecule has 3 N–H and O–H groups in total. The Labute approximate surface area is 165 Å². The summed E-state index contributed by atoms with van der Waals surface area (Å²) in [5, 5.41) is 25.6. The van der Waals surface area contributed by atoms with E-state index < -0.39 is 0 Å². The van der Waals surface area contributed by atoms with Crippen molar-refractivity contribution in [2.24, 2.45) is 0 Å². The predicted molar refractivity (Wildman–Crippen MR) is 108 cm³/mol. The lowest BCUT2D eigenvalue weighted by Crippen LogP contribution is -3.10. The fraction of sp³-hybridized carbons (Fsp3) is 0.368. The number of anilines is 1. The van der Waals surface area contributed by atoms with Crippen molar-refractivity contribution in [3.63, 3.8) is 0 Å². The summed E-state index contributed by atoms with van der Waals surface area (Å²) in [7, 11) is 0. The van der Waals surface area contributed by atoms with E-state index in [0.29, 0.717) is 18.7 Å². The Morgan fingerprint density at radius 1 is 1.25 bits per heavy atom. The predicted octanol–water partition coefficient (Wildman–Crippen LogP) is 0.669. The molecule has 5 rings (SSSR count). The van der Waals surface area contributed by atoms with Crippen LogP contribution in [0.15, 0.2) is 30.3 Å². The summed E-state index contributed by atoms with van der Waals surface area (Å²) in [6, 6.07) is 10.7. The van der Waals surface area contributed by atoms with E-state index in [2.05, 4.69) is 56.2 Å². The maximum atomic E-state index is 9.10. The number of fused-ring (bicyclic) bond motifs is 5. The van der Waals surface area contributed by atoms with Crippen LogP contribution in [0.25, 0.3) is 16.0 Å². The van der Waals surface area contributed by atoms with Crippen LogP contribution in [0, 0.1) is 0 Å². The van der Waals surface area contributed by atoms with Gasteiger partial charge in [-0.05, 0) is 22.4 Å². The second-order valence-electron chi connectivity index (χ2n) is 7.13. The quantitative estimate of drug-likeness (QED) is 0.415. The first-order chi connectivity index (χ1) is 13.8. The molecule has 28 heavy (non-hydrogen) atoms. The number of aromatic nitrogens is 5. The smallest absolute Gasteiger partial charge is 0.276 e. The fourth-order valence-corrected chi connectivity index (χ4v) is 5.27. The zero-order chi connectivity index (χ0) is 18.9. The first kappa shape index (κ1) is 17.5. The van der Waals surface area contributed by atoms with Crippen molar-refractivity contribution in [2.45, 2.75) is 25.9 Å². The molecule has 0 fully saturated rings. The molecule has 9 heteroatoms. The molecule has 0 radical (unpaired) electrons. The molecule has 0 saturated carbocycles. The lowest BCUT2D eigenvalue weighted by molar-refractivity contribution is -0.929. The lowest BCUT2D eigenvalue weighted by Gasteiger charge is -2.24. The van der Waals surface area contributed by atoms with Gasteiger partial charge in [0.1, 0.15) is 23.7 Å². The highest BCUT2D eigenvalue weighted by molar-refractivity contribution is 7.19. The molecule has 0 spiro atoms. The third-order valence-electron chi connectivity index (χ3n) is 5.23. The summed E-state index contributed by atoms with van der Waals surface area (Å²) >= 11 is 1.77. The van der Waals surface area contributed by atoms with Gasteiger partial charge in [0.15, 0.2) is 0 Å². The van der Waals surface area contributed by atoms with Crippen LogP contribution >= 0.6 is 11.3 Å². The van der Waals surface area contributed by atoms with Crippen LogP contribution in [0.2, 0.25) is 0 Å². The van der Waals surface area contributed by atoms with Crippen LogP contribution in [0.1, 0.15) is 22.4 Å². The highest BCUT2D eigenvalue weighted by Crippen LogP contribution is 2.36. The third kappa shape index (κ3) is 3.11. The van der Waals surface area contributed by atoms with Crippen molar-refractivity contribution in [3.8, 4) is 0 Å². The van der Waals surface area contributed by atoms with Crippen molar-refractivity contribution >= 4 is 33.1 Å². The Balaban J connectivity index is 1.51. The highest BCUT2D eigenvalue weighted by Gasteiger charge is 2.27. The highest BCUT2D eigenvalue weighted by atomic mass is 32.1. The van der Waals surface area contributed by atoms with Gasteiger partial charge in [0.2, 0.25) is 0 Å². The SMILES string of the molecule is OCCCNc1nc2nnnn2c2sc3c(c12)CC[NH+](Cc1ccccc1)C3. The van der Waals surface area contributed by atoms with Crippen molar-refractivity contribution in [1.29, 1.82) is 0 Å². The van der Waals surface area contributed by atoms with E-state index >= 15 is 0 Å². The number of nitrogens with one attached hydrogen (secondary N) is 2. The van der Waals surface area contributed by atoms with Gasteiger partial charge in [0.05, 0.1) is 16.8 Å². The number of benzene rings is 1. The molecule has 1 atom stereocenters. The topological polar surface area (TPSA) is 92.7 Å². The van der Waals surface area contributed by atoms with Crippen LogP contribution < -0.4 is 10.2 Å². The number of hydrogen-bond acceptors (Lipinski definition) is 7. The summed E-state index contributed by atoms with van der Waals surface area (Å²) in [6.07, 6.45) is 1.70. The monoisotopic (exact) mass is 396 g/mol. The molecular formula is C19H22N7OS+. The van der Waals surface area contributed by atoms with Gasteiger partial charge < -0.3 is 15.3 Å². The molecule has 144 valence electrons. The van der Waals surface area contributed by atoms with E-state index in [1.807, 2.05) is 0 Å². The zero-order valence-corrected chi connectivity index (χ0v) is 16.2. The van der Waals surface area contributed by atoms with Crippen molar-refractivity contribution < 1.29 is 10.0 Å². The second kappa shape index (κ2) is 7.42. The van der Waals surface area contributed by atoms with Crippen molar-refractivity contribution in [3.05, 3.63) is 46.3 Å². The average molecular weight is 397 g/mol. The number of aliphatic hydroxyl groups excluding tert-OH is 1. The number of thiophene rings is 1. The van der Waals surface area contributed by atoms with Crippen molar-refractivity contribution in [2.75, 3.05) is 25.0 Å². The maximum absolute atomic E-state index is 9.10. The first-order valence-corrected chi connectivity index (χ1v) is 10.4. The summed E-state index contributed by atoms with van der Waals surface area (Å²) in [6.45, 7) is 3.96. The van der Waals surface area contributed by atoms with Crippen LogP contribution in [0.3, 0.4) is 0 Å². The molecule has 0 saturated heterocycles. The molecule has 1 aromatic carbocycles. The van der Waals surface area contributed by atoms with Crippen LogP contribution in [-0.2, 0) is 19.5 Å². The fourth-order valence-electron chi connectivity index (χ4n) is 3.90. The minimum atomic E-state index is 0.157. The van der Waals surface area contributed by atoms with E-state index in [4.69, 9.17) is 5.11 Å². The van der Waals surface area contributed by atoms with Crippen molar-refractivity contribution in [1.82, 2.24) is 25.0 Å². The molecule has 1 unspecified atom stereocenters. The molecule has 1 aliphatic heterocycles. The zero-order valence-electron chi connectivity index (χ0n) is 15.4. The second-order valence-corrected chi connectivity index (χ2v) is 8.21. The van der Waals surface area contributed by atoms with Crippen LogP contribution in [0.4, 0.5) is 5.82 Å². The number of quaternary nitrogens is 1. The number of hydrogen-bond donors (Lipinski definition) is 3. The van der Waals surface area contributed by atoms with E-state index in [0.717, 1.165) is 42.1 Å². The van der Waals surface area contributed by atoms with Gasteiger partial charge in [0, 0.05) is 25.1 Å². The molecule has 4 aromatic rings. The van der Waals surface area contributed by atoms with Gasteiger partial charge in [-0.1, -0.05) is 35.4 Å². The lowest BCUT2D eigenvalue weighted by atomic mass is 10.0. The molecule has 0 amide bonds. The molecule has 3 aromatic heterocycles. The Hall–Kier alpha value is -2.62. The van der Waals surface area contributed by atoms with Gasteiger partial charge in [0.25, 0.3) is 5.78 Å². The van der Waals surface area contributed by atoms with Crippen LogP contribution in [0.5, 0.6) is 0 Å². The van der Waals surface area contributed by atoms with Gasteiger partial charge >= 0.3 is 0 Å². The van der Waals surface area contributed by atoms with Gasteiger partial charge in [-0.25, -0.2) is 0 Å². The summed E-state index contributed by atoms with van der Waals surface area (Å²) in [5.74, 6) is 1.33. The van der Waals surface area contributed by atoms with E-state index in [1.165, 1.54) is 16.0 Å². The van der Waals surface area contributed by atoms with Gasteiger partial charge in [-0.2, -0.15) is 9.50 Å². The largest absolute Gasteiger partial charge is 0.396 e. The van der Waals surface area contributed by atoms with E-state index in [9.17, 15) is 0 Å². The molecule has 0 aliphatic carbocycles. The van der Waals surface area contributed by atoms with E-state index in [1.54, 1.807) is 20.8 Å². The number of nitrogens with zero attached hydrogens (tertiary/aromatic N) is 5. The van der Waals surface area contributed by atoms with Gasteiger partial charge in [-0.15, -0.1) is 11.3 Å². The number of rotatable bonds is 6. The van der Waals surface area contributed by atoms with Crippen LogP contribution in [-0.4, -0.2) is 49.8 Å². The minimum Gasteiger partial charge on any atom is -0.396 e. The number of tetrazole rings is 1. The van der Waals surface area contributed by atoms with Gasteiger partial charge in [-0.3, -0.25) is 0 Å². The Kier molecular flexibility index (Phi) is 4.63. The summed E-state index contributed by atoms with van der Waals surface area (Å²) < 4.78 is 1.74. The molecule has 1 aliphatic rings. The molecular weight excluding hydrogens is 374 g/mol. The molecule has 4 heterocycles. The number of aliphatic hydroxyl groups is 1.